The summed E-state index contributed by atoms with van der Waals surface area (Å²) in [5, 5.41) is 38.8. The highest BCUT2D eigenvalue weighted by Gasteiger charge is 2.27. The van der Waals surface area contributed by atoms with Crippen LogP contribution in [0, 0.1) is 0 Å². The summed E-state index contributed by atoms with van der Waals surface area (Å²) in [6.07, 6.45) is -1.32. The topological polar surface area (TPSA) is 127 Å². The molecule has 0 bridgehead atoms. The van der Waals surface area contributed by atoms with Gasteiger partial charge in [-0.1, -0.05) is 6.07 Å². The van der Waals surface area contributed by atoms with Crippen LogP contribution in [0.1, 0.15) is 17.3 Å². The van der Waals surface area contributed by atoms with Crippen LogP contribution in [-0.4, -0.2) is 44.4 Å². The highest BCUT2D eigenvalue weighted by molar-refractivity contribution is 6.01. The lowest BCUT2D eigenvalue weighted by Crippen LogP contribution is -2.47. The maximum absolute atomic E-state index is 11.7. The third kappa shape index (κ3) is 2.89. The molecule has 0 fully saturated rings. The molecular weight excluding hydrogens is 242 g/mol. The van der Waals surface area contributed by atoms with E-state index < -0.39 is 41.1 Å². The number of aliphatic hydroxyl groups excluding tert-OH is 1. The van der Waals surface area contributed by atoms with Crippen molar-refractivity contribution in [3.63, 3.8) is 0 Å². The Bertz CT molecular complexity index is 450. The first-order chi connectivity index (χ1) is 8.34. The molecule has 98 valence electrons. The molecule has 1 rings (SSSR count). The average Bonchev–Trinajstić information content (AvgIpc) is 2.24. The van der Waals surface area contributed by atoms with Crippen LogP contribution in [0.2, 0.25) is 0 Å². The van der Waals surface area contributed by atoms with E-state index in [0.717, 1.165) is 0 Å². The van der Waals surface area contributed by atoms with Gasteiger partial charge in [0.15, 0.2) is 6.04 Å². The molecule has 2 atom stereocenters. The number of rotatable bonds is 4. The Morgan fingerprint density at radius 2 is 1.72 bits per heavy atom. The smallest absolute Gasteiger partial charge is 0.328 e. The quantitative estimate of drug-likeness (QED) is 0.501. The maximum Gasteiger partial charge on any atom is 0.328 e. The van der Waals surface area contributed by atoms with Gasteiger partial charge in [-0.25, -0.2) is 4.79 Å². The Morgan fingerprint density at radius 3 is 2.11 bits per heavy atom. The first-order valence-electron chi connectivity index (χ1n) is 5.07. The average molecular weight is 255 g/mol. The van der Waals surface area contributed by atoms with Crippen LogP contribution in [0.5, 0.6) is 11.5 Å². The van der Waals surface area contributed by atoms with Crippen LogP contribution in [0.3, 0.4) is 0 Å². The summed E-state index contributed by atoms with van der Waals surface area (Å²) < 4.78 is 0. The fourth-order valence-corrected chi connectivity index (χ4v) is 1.36. The van der Waals surface area contributed by atoms with Gasteiger partial charge in [-0.2, -0.15) is 0 Å². The van der Waals surface area contributed by atoms with Gasteiger partial charge in [-0.15, -0.1) is 0 Å². The molecule has 7 heteroatoms. The number of carboxylic acid groups (broad SMARTS) is 1. The Morgan fingerprint density at radius 1 is 1.22 bits per heavy atom. The molecule has 2 unspecified atom stereocenters. The SMILES string of the molecule is CC(O)C(NC(=O)c1c(O)cccc1O)C(=O)O. The van der Waals surface area contributed by atoms with Gasteiger partial charge in [0.05, 0.1) is 6.10 Å². The van der Waals surface area contributed by atoms with Gasteiger partial charge in [0, 0.05) is 0 Å². The van der Waals surface area contributed by atoms with Crippen molar-refractivity contribution in [2.45, 2.75) is 19.1 Å². The molecule has 0 saturated carbocycles. The number of aromatic hydroxyl groups is 2. The van der Waals surface area contributed by atoms with Crippen molar-refractivity contribution >= 4 is 11.9 Å². The minimum absolute atomic E-state index is 0.440. The molecule has 0 aliphatic carbocycles. The summed E-state index contributed by atoms with van der Waals surface area (Å²) in [5.41, 5.74) is -0.440. The van der Waals surface area contributed by atoms with Crippen molar-refractivity contribution < 1.29 is 30.0 Å². The Labute approximate surface area is 102 Å². The van der Waals surface area contributed by atoms with Crippen LogP contribution >= 0.6 is 0 Å². The summed E-state index contributed by atoms with van der Waals surface area (Å²) in [6.45, 7) is 1.20. The molecule has 7 nitrogen and oxygen atoms in total. The molecule has 1 aromatic carbocycles. The number of phenolic OH excluding ortho intramolecular Hbond substituents is 2. The van der Waals surface area contributed by atoms with Crippen molar-refractivity contribution in [3.05, 3.63) is 23.8 Å². The summed E-state index contributed by atoms with van der Waals surface area (Å²) in [6, 6.07) is 2.14. The van der Waals surface area contributed by atoms with E-state index in [-0.39, 0.29) is 0 Å². The number of amides is 1. The zero-order chi connectivity index (χ0) is 13.9. The third-order valence-electron chi connectivity index (χ3n) is 2.28. The summed E-state index contributed by atoms with van der Waals surface area (Å²) in [5.74, 6) is -3.38. The summed E-state index contributed by atoms with van der Waals surface area (Å²) in [7, 11) is 0. The largest absolute Gasteiger partial charge is 0.507 e. The van der Waals surface area contributed by atoms with Crippen molar-refractivity contribution in [1.82, 2.24) is 5.32 Å². The number of benzene rings is 1. The van der Waals surface area contributed by atoms with E-state index in [0.29, 0.717) is 0 Å². The number of carbonyl (C=O) groups excluding carboxylic acids is 1. The summed E-state index contributed by atoms with van der Waals surface area (Å²) in [4.78, 5) is 22.5. The lowest BCUT2D eigenvalue weighted by molar-refractivity contribution is -0.141. The molecule has 0 aliphatic rings. The van der Waals surface area contributed by atoms with Gasteiger partial charge in [-0.05, 0) is 19.1 Å². The monoisotopic (exact) mass is 255 g/mol. The normalized spacial score (nSPS) is 13.7. The Hall–Kier alpha value is -2.28. The Kier molecular flexibility index (Phi) is 4.11. The van der Waals surface area contributed by atoms with E-state index in [4.69, 9.17) is 5.11 Å². The second-order valence-electron chi connectivity index (χ2n) is 3.70. The maximum atomic E-state index is 11.7. The molecule has 0 radical (unpaired) electrons. The highest BCUT2D eigenvalue weighted by atomic mass is 16.4. The molecule has 1 amide bonds. The number of hydrogen-bond acceptors (Lipinski definition) is 5. The van der Waals surface area contributed by atoms with Crippen molar-refractivity contribution in [1.29, 1.82) is 0 Å². The predicted molar refractivity (Wildman–Crippen MR) is 60.3 cm³/mol. The molecular formula is C11H13NO6. The number of nitrogens with one attached hydrogen (secondary N) is 1. The van der Waals surface area contributed by atoms with Crippen LogP contribution in [0.4, 0.5) is 0 Å². The lowest BCUT2D eigenvalue weighted by atomic mass is 10.1. The number of hydrogen-bond donors (Lipinski definition) is 5. The number of carboxylic acids is 1. The molecule has 0 saturated heterocycles. The first kappa shape index (κ1) is 13.8. The fraction of sp³-hybridized carbons (Fsp3) is 0.273. The van der Waals surface area contributed by atoms with E-state index in [2.05, 4.69) is 0 Å². The Balaban J connectivity index is 2.98. The second kappa shape index (κ2) is 5.37. The van der Waals surface area contributed by atoms with Gasteiger partial charge in [-0.3, -0.25) is 4.79 Å². The molecule has 0 spiro atoms. The van der Waals surface area contributed by atoms with Gasteiger partial charge in [0.25, 0.3) is 5.91 Å². The van der Waals surface area contributed by atoms with E-state index >= 15 is 0 Å². The molecule has 0 aromatic heterocycles. The number of carbonyl (C=O) groups is 2. The zero-order valence-electron chi connectivity index (χ0n) is 9.49. The van der Waals surface area contributed by atoms with Crippen LogP contribution in [0.25, 0.3) is 0 Å². The van der Waals surface area contributed by atoms with Crippen molar-refractivity contribution in [2.75, 3.05) is 0 Å². The second-order valence-corrected chi connectivity index (χ2v) is 3.70. The number of aliphatic hydroxyl groups is 1. The van der Waals surface area contributed by atoms with Crippen LogP contribution < -0.4 is 5.32 Å². The van der Waals surface area contributed by atoms with Gasteiger partial charge in [0.1, 0.15) is 17.1 Å². The number of phenols is 2. The van der Waals surface area contributed by atoms with E-state index in [1.807, 2.05) is 5.32 Å². The first-order valence-corrected chi connectivity index (χ1v) is 5.07. The zero-order valence-corrected chi connectivity index (χ0v) is 9.49. The molecule has 5 N–H and O–H groups in total. The van der Waals surface area contributed by atoms with E-state index in [1.165, 1.54) is 25.1 Å². The van der Waals surface area contributed by atoms with Gasteiger partial charge >= 0.3 is 5.97 Å². The van der Waals surface area contributed by atoms with Crippen LogP contribution in [0.15, 0.2) is 18.2 Å². The highest BCUT2D eigenvalue weighted by Crippen LogP contribution is 2.26. The van der Waals surface area contributed by atoms with Crippen LogP contribution in [-0.2, 0) is 4.79 Å². The third-order valence-corrected chi connectivity index (χ3v) is 2.28. The standard InChI is InChI=1S/C11H13NO6/c1-5(13)9(11(17)18)12-10(16)8-6(14)3-2-4-7(8)15/h2-5,9,13-15H,1H3,(H,12,16)(H,17,18). The van der Waals surface area contributed by atoms with Crippen molar-refractivity contribution in [3.8, 4) is 11.5 Å². The molecule has 1 aromatic rings. The minimum Gasteiger partial charge on any atom is -0.507 e. The van der Waals surface area contributed by atoms with Crippen molar-refractivity contribution in [2.24, 2.45) is 0 Å². The van der Waals surface area contributed by atoms with E-state index in [9.17, 15) is 24.9 Å². The molecule has 0 aliphatic heterocycles. The van der Waals surface area contributed by atoms with Gasteiger partial charge in [0.2, 0.25) is 0 Å². The summed E-state index contributed by atoms with van der Waals surface area (Å²) >= 11 is 0. The molecule has 0 heterocycles. The fourth-order valence-electron chi connectivity index (χ4n) is 1.36. The predicted octanol–water partition coefficient (Wildman–Crippen LogP) is -0.338. The molecule has 18 heavy (non-hydrogen) atoms. The number of aliphatic carboxylic acids is 1. The van der Waals surface area contributed by atoms with E-state index in [1.54, 1.807) is 0 Å². The lowest BCUT2D eigenvalue weighted by Gasteiger charge is -2.17. The minimum atomic E-state index is -1.53. The van der Waals surface area contributed by atoms with Gasteiger partial charge < -0.3 is 25.7 Å².